The number of benzene rings is 1. The van der Waals surface area contributed by atoms with Gasteiger partial charge in [-0.2, -0.15) is 0 Å². The molecule has 9 nitrogen and oxygen atoms in total. The third-order valence-corrected chi connectivity index (χ3v) is 5.96. The minimum atomic E-state index is -0.368. The summed E-state index contributed by atoms with van der Waals surface area (Å²) < 4.78 is 2.05. The van der Waals surface area contributed by atoms with Crippen LogP contribution in [0.3, 0.4) is 0 Å². The summed E-state index contributed by atoms with van der Waals surface area (Å²) in [5, 5.41) is 2.49. The lowest BCUT2D eigenvalue weighted by molar-refractivity contribution is -0.134. The summed E-state index contributed by atoms with van der Waals surface area (Å²) in [6.45, 7) is 3.14. The number of nitrogens with one attached hydrogen (secondary N) is 1. The van der Waals surface area contributed by atoms with Crippen molar-refractivity contribution in [3.63, 3.8) is 0 Å². The maximum atomic E-state index is 12.7. The highest BCUT2D eigenvalue weighted by Gasteiger charge is 2.31. The molecule has 2 saturated heterocycles. The van der Waals surface area contributed by atoms with Gasteiger partial charge in [-0.3, -0.25) is 19.4 Å². The first-order valence-electron chi connectivity index (χ1n) is 10.7. The Balaban J connectivity index is 1.33. The Morgan fingerprint density at radius 1 is 1.13 bits per heavy atom. The Morgan fingerprint density at radius 3 is 2.48 bits per heavy atom. The van der Waals surface area contributed by atoms with Crippen molar-refractivity contribution >= 4 is 17.8 Å². The molecule has 2 fully saturated rings. The number of carbonyl (C=O) groups excluding carboxylic acids is 3. The molecule has 0 spiro atoms. The Labute approximate surface area is 181 Å². The smallest absolute Gasteiger partial charge is 0.324 e. The highest BCUT2D eigenvalue weighted by atomic mass is 16.2. The van der Waals surface area contributed by atoms with Gasteiger partial charge in [-0.1, -0.05) is 30.3 Å². The molecule has 0 aliphatic carbocycles. The van der Waals surface area contributed by atoms with Crippen molar-refractivity contribution in [2.45, 2.75) is 18.9 Å². The van der Waals surface area contributed by atoms with Crippen LogP contribution in [0.2, 0.25) is 0 Å². The van der Waals surface area contributed by atoms with Crippen LogP contribution < -0.4 is 5.32 Å². The van der Waals surface area contributed by atoms with Crippen LogP contribution in [0.15, 0.2) is 42.7 Å². The van der Waals surface area contributed by atoms with Crippen LogP contribution in [-0.2, 0) is 16.6 Å². The molecule has 2 aromatic rings. The van der Waals surface area contributed by atoms with E-state index in [9.17, 15) is 14.4 Å². The number of piperazine rings is 1. The van der Waals surface area contributed by atoms with Gasteiger partial charge in [-0.05, 0) is 12.0 Å². The van der Waals surface area contributed by atoms with Crippen molar-refractivity contribution in [1.82, 2.24) is 29.6 Å². The van der Waals surface area contributed by atoms with Gasteiger partial charge in [0.2, 0.25) is 11.8 Å². The summed E-state index contributed by atoms with van der Waals surface area (Å²) >= 11 is 0. The number of hydrogen-bond donors (Lipinski definition) is 1. The standard InChI is InChI=1S/C22H28N6O3/c1-25-11-9-23-21(25)20(17-6-3-2-4-7-17)27-14-12-26(13-15-27)18(29)8-5-10-28-19(30)16-24-22(28)31/h2-4,6-7,9,11,20H,5,8,10,12-16H2,1H3,(H,24,31)/t20-/m0/s1. The number of rotatable bonds is 7. The number of carbonyl (C=O) groups is 3. The van der Waals surface area contributed by atoms with E-state index in [0.29, 0.717) is 25.9 Å². The van der Waals surface area contributed by atoms with E-state index in [1.807, 2.05) is 47.1 Å². The first-order chi connectivity index (χ1) is 15.0. The number of aryl methyl sites for hydroxylation is 1. The number of imide groups is 1. The molecular weight excluding hydrogens is 396 g/mol. The quantitative estimate of drug-likeness (QED) is 0.670. The highest BCUT2D eigenvalue weighted by Crippen LogP contribution is 2.28. The molecule has 4 rings (SSSR count). The largest absolute Gasteiger partial charge is 0.340 e. The molecule has 31 heavy (non-hydrogen) atoms. The monoisotopic (exact) mass is 424 g/mol. The first-order valence-corrected chi connectivity index (χ1v) is 10.7. The molecule has 0 saturated carbocycles. The van der Waals surface area contributed by atoms with Crippen LogP contribution in [0.25, 0.3) is 0 Å². The van der Waals surface area contributed by atoms with Gasteiger partial charge in [-0.25, -0.2) is 9.78 Å². The highest BCUT2D eigenvalue weighted by molar-refractivity contribution is 6.01. The number of aromatic nitrogens is 2. The van der Waals surface area contributed by atoms with E-state index in [1.54, 1.807) is 0 Å². The zero-order valence-corrected chi connectivity index (χ0v) is 17.7. The number of urea groups is 1. The lowest BCUT2D eigenvalue weighted by Crippen LogP contribution is -2.50. The first kappa shape index (κ1) is 21.0. The van der Waals surface area contributed by atoms with E-state index in [0.717, 1.165) is 18.9 Å². The summed E-state index contributed by atoms with van der Waals surface area (Å²) in [7, 11) is 2.00. The van der Waals surface area contributed by atoms with Crippen LogP contribution in [-0.4, -0.2) is 81.4 Å². The molecule has 1 N–H and O–H groups in total. The topological polar surface area (TPSA) is 90.8 Å². The van der Waals surface area contributed by atoms with Gasteiger partial charge in [0.1, 0.15) is 5.82 Å². The average molecular weight is 425 g/mol. The Morgan fingerprint density at radius 2 is 1.87 bits per heavy atom. The summed E-state index contributed by atoms with van der Waals surface area (Å²) in [6, 6.07) is 9.99. The van der Waals surface area contributed by atoms with Crippen molar-refractivity contribution < 1.29 is 14.4 Å². The van der Waals surface area contributed by atoms with Crippen molar-refractivity contribution in [3.8, 4) is 0 Å². The van der Waals surface area contributed by atoms with E-state index in [2.05, 4.69) is 27.3 Å². The number of amides is 4. The summed E-state index contributed by atoms with van der Waals surface area (Å²) in [6.07, 6.45) is 4.59. The van der Waals surface area contributed by atoms with E-state index in [4.69, 9.17) is 0 Å². The lowest BCUT2D eigenvalue weighted by atomic mass is 10.0. The Kier molecular flexibility index (Phi) is 6.31. The number of hydrogen-bond acceptors (Lipinski definition) is 5. The van der Waals surface area contributed by atoms with Gasteiger partial charge in [0.15, 0.2) is 0 Å². The van der Waals surface area contributed by atoms with Gasteiger partial charge in [0.25, 0.3) is 0 Å². The fraction of sp³-hybridized carbons (Fsp3) is 0.455. The van der Waals surface area contributed by atoms with Crippen molar-refractivity contribution in [1.29, 1.82) is 0 Å². The molecule has 0 unspecified atom stereocenters. The normalized spacial score (nSPS) is 18.4. The number of imidazole rings is 1. The van der Waals surface area contributed by atoms with Crippen molar-refractivity contribution in [2.75, 3.05) is 39.3 Å². The molecule has 9 heteroatoms. The Bertz CT molecular complexity index is 920. The van der Waals surface area contributed by atoms with Gasteiger partial charge >= 0.3 is 6.03 Å². The zero-order valence-electron chi connectivity index (χ0n) is 17.7. The maximum Gasteiger partial charge on any atom is 0.324 e. The molecule has 3 heterocycles. The van der Waals surface area contributed by atoms with Crippen LogP contribution in [0.1, 0.15) is 30.3 Å². The van der Waals surface area contributed by atoms with Crippen molar-refractivity contribution in [2.24, 2.45) is 7.05 Å². The predicted octanol–water partition coefficient (Wildman–Crippen LogP) is 0.986. The SMILES string of the molecule is Cn1ccnc1[C@H](c1ccccc1)N1CCN(C(=O)CCCN2C(=O)CNC2=O)CC1. The Hall–Kier alpha value is -3.20. The molecule has 2 aliphatic rings. The second-order valence-electron chi connectivity index (χ2n) is 7.93. The molecule has 4 amide bonds. The lowest BCUT2D eigenvalue weighted by Gasteiger charge is -2.39. The van der Waals surface area contributed by atoms with Gasteiger partial charge in [0.05, 0.1) is 12.6 Å². The molecule has 1 atom stereocenters. The molecular formula is C22H28N6O3. The van der Waals surface area contributed by atoms with Crippen LogP contribution >= 0.6 is 0 Å². The minimum absolute atomic E-state index is 0.0399. The molecule has 0 radical (unpaired) electrons. The predicted molar refractivity (Wildman–Crippen MR) is 114 cm³/mol. The van der Waals surface area contributed by atoms with Crippen molar-refractivity contribution in [3.05, 3.63) is 54.1 Å². The average Bonchev–Trinajstić information content (AvgIpc) is 3.35. The molecule has 1 aromatic heterocycles. The molecule has 2 aliphatic heterocycles. The van der Waals surface area contributed by atoms with Crippen LogP contribution in [0, 0.1) is 0 Å². The number of nitrogens with zero attached hydrogens (tertiary/aromatic N) is 5. The third-order valence-electron chi connectivity index (χ3n) is 5.96. The van der Waals surface area contributed by atoms with E-state index >= 15 is 0 Å². The molecule has 1 aromatic carbocycles. The van der Waals surface area contributed by atoms with Crippen LogP contribution in [0.4, 0.5) is 4.79 Å². The second-order valence-corrected chi connectivity index (χ2v) is 7.93. The van der Waals surface area contributed by atoms with Gasteiger partial charge in [-0.15, -0.1) is 0 Å². The summed E-state index contributed by atoms with van der Waals surface area (Å²) in [4.78, 5) is 45.9. The zero-order chi connectivity index (χ0) is 21.8. The summed E-state index contributed by atoms with van der Waals surface area (Å²) in [5.74, 6) is 0.826. The summed E-state index contributed by atoms with van der Waals surface area (Å²) in [5.41, 5.74) is 1.19. The fourth-order valence-electron chi connectivity index (χ4n) is 4.26. The van der Waals surface area contributed by atoms with E-state index in [1.165, 1.54) is 10.5 Å². The fourth-order valence-corrected chi connectivity index (χ4v) is 4.26. The van der Waals surface area contributed by atoms with Gasteiger partial charge < -0.3 is 14.8 Å². The van der Waals surface area contributed by atoms with Gasteiger partial charge in [0, 0.05) is 58.6 Å². The molecule has 164 valence electrons. The third kappa shape index (κ3) is 4.61. The second kappa shape index (κ2) is 9.30. The minimum Gasteiger partial charge on any atom is -0.340 e. The van der Waals surface area contributed by atoms with E-state index < -0.39 is 0 Å². The van der Waals surface area contributed by atoms with Crippen LogP contribution in [0.5, 0.6) is 0 Å². The van der Waals surface area contributed by atoms with E-state index in [-0.39, 0.29) is 37.0 Å². The maximum absolute atomic E-state index is 12.7. The molecule has 0 bridgehead atoms.